The van der Waals surface area contributed by atoms with Crippen LogP contribution in [0.15, 0.2) is 140 Å². The first kappa shape index (κ1) is 26.7. The molecule has 0 fully saturated rings. The Morgan fingerprint density at radius 1 is 0.444 bits per heavy atom. The van der Waals surface area contributed by atoms with Gasteiger partial charge in [0.2, 0.25) is 0 Å². The molecule has 3 aromatic heterocycles. The molecule has 5 aromatic carbocycles. The predicted octanol–water partition coefficient (Wildman–Crippen LogP) is 9.65. The van der Waals surface area contributed by atoms with Crippen LogP contribution in [0.1, 0.15) is 11.1 Å². The van der Waals surface area contributed by atoms with Crippen molar-refractivity contribution in [2.24, 2.45) is 0 Å². The van der Waals surface area contributed by atoms with Gasteiger partial charge in [-0.05, 0) is 73.5 Å². The Hall–Kier alpha value is -5.94. The molecule has 0 aliphatic carbocycles. The summed E-state index contributed by atoms with van der Waals surface area (Å²) < 4.78 is 2.36. The van der Waals surface area contributed by atoms with E-state index in [1.807, 2.05) is 85.2 Å². The Labute approximate surface area is 261 Å². The topological polar surface area (TPSA) is 56.5 Å². The monoisotopic (exact) mass is 579 g/mol. The van der Waals surface area contributed by atoms with Crippen molar-refractivity contribution in [2.45, 2.75) is 13.8 Å². The SMILES string of the molecule is Cc1ccc2c(c1)c1cc(C)ccc1n2-c1cc(-c2ccncc2)ccc1-c1nc(-c2ccccc2)nc(-c2ccccc2)n1. The maximum Gasteiger partial charge on any atom is 0.166 e. The lowest BCUT2D eigenvalue weighted by molar-refractivity contribution is 1.06. The first-order valence-electron chi connectivity index (χ1n) is 15.1. The van der Waals surface area contributed by atoms with Crippen LogP contribution in [-0.2, 0) is 0 Å². The third kappa shape index (κ3) is 4.85. The lowest BCUT2D eigenvalue weighted by Gasteiger charge is -2.16. The molecule has 8 rings (SSSR count). The minimum absolute atomic E-state index is 0.619. The van der Waals surface area contributed by atoms with Crippen molar-refractivity contribution in [2.75, 3.05) is 0 Å². The average molecular weight is 580 g/mol. The molecule has 0 bridgehead atoms. The molecule has 0 amide bonds. The molecule has 0 radical (unpaired) electrons. The second-order valence-corrected chi connectivity index (χ2v) is 11.4. The van der Waals surface area contributed by atoms with E-state index in [0.717, 1.165) is 44.5 Å². The molecule has 0 saturated carbocycles. The van der Waals surface area contributed by atoms with Gasteiger partial charge in [-0.15, -0.1) is 0 Å². The van der Waals surface area contributed by atoms with Gasteiger partial charge in [0, 0.05) is 39.9 Å². The van der Waals surface area contributed by atoms with E-state index in [0.29, 0.717) is 17.5 Å². The van der Waals surface area contributed by atoms with Gasteiger partial charge in [0.15, 0.2) is 17.5 Å². The minimum Gasteiger partial charge on any atom is -0.308 e. The summed E-state index contributed by atoms with van der Waals surface area (Å²) in [6, 6.07) is 44.2. The van der Waals surface area contributed by atoms with E-state index < -0.39 is 0 Å². The summed E-state index contributed by atoms with van der Waals surface area (Å²) in [5.74, 6) is 1.89. The molecule has 0 atom stereocenters. The van der Waals surface area contributed by atoms with Crippen molar-refractivity contribution in [1.29, 1.82) is 0 Å². The van der Waals surface area contributed by atoms with Crippen LogP contribution in [-0.4, -0.2) is 24.5 Å². The molecule has 0 N–H and O–H groups in total. The van der Waals surface area contributed by atoms with Gasteiger partial charge in [-0.2, -0.15) is 0 Å². The second kappa shape index (κ2) is 11.0. The van der Waals surface area contributed by atoms with Gasteiger partial charge in [-0.1, -0.05) is 90.0 Å². The fourth-order valence-electron chi connectivity index (χ4n) is 6.07. The van der Waals surface area contributed by atoms with E-state index in [2.05, 4.69) is 78.0 Å². The molecule has 0 unspecified atom stereocenters. The Morgan fingerprint density at radius 2 is 0.978 bits per heavy atom. The van der Waals surface area contributed by atoms with Crippen LogP contribution in [0.4, 0.5) is 0 Å². The van der Waals surface area contributed by atoms with Crippen LogP contribution >= 0.6 is 0 Å². The van der Waals surface area contributed by atoms with Gasteiger partial charge in [0.1, 0.15) is 0 Å². The van der Waals surface area contributed by atoms with Crippen LogP contribution in [0.2, 0.25) is 0 Å². The number of aryl methyl sites for hydroxylation is 2. The van der Waals surface area contributed by atoms with E-state index in [4.69, 9.17) is 15.0 Å². The number of aromatic nitrogens is 5. The quantitative estimate of drug-likeness (QED) is 0.204. The summed E-state index contributed by atoms with van der Waals surface area (Å²) in [5.41, 5.74) is 10.7. The van der Waals surface area contributed by atoms with E-state index >= 15 is 0 Å². The van der Waals surface area contributed by atoms with Crippen molar-refractivity contribution in [3.8, 4) is 51.0 Å². The normalized spacial score (nSPS) is 11.3. The number of fused-ring (bicyclic) bond motifs is 3. The largest absolute Gasteiger partial charge is 0.308 e. The Bertz CT molecular complexity index is 2210. The first-order chi connectivity index (χ1) is 22.1. The summed E-state index contributed by atoms with van der Waals surface area (Å²) in [6.07, 6.45) is 3.67. The van der Waals surface area contributed by atoms with Crippen molar-refractivity contribution < 1.29 is 0 Å². The lowest BCUT2D eigenvalue weighted by Crippen LogP contribution is -2.04. The molecule has 45 heavy (non-hydrogen) atoms. The van der Waals surface area contributed by atoms with Crippen LogP contribution < -0.4 is 0 Å². The second-order valence-electron chi connectivity index (χ2n) is 11.4. The highest BCUT2D eigenvalue weighted by Crippen LogP contribution is 2.38. The van der Waals surface area contributed by atoms with Crippen molar-refractivity contribution in [3.63, 3.8) is 0 Å². The summed E-state index contributed by atoms with van der Waals surface area (Å²) in [6.45, 7) is 4.30. The number of hydrogen-bond donors (Lipinski definition) is 0. The van der Waals surface area contributed by atoms with Crippen LogP contribution in [0.3, 0.4) is 0 Å². The average Bonchev–Trinajstić information content (AvgIpc) is 3.41. The molecule has 3 heterocycles. The fourth-order valence-corrected chi connectivity index (χ4v) is 6.07. The number of nitrogens with zero attached hydrogens (tertiary/aromatic N) is 5. The predicted molar refractivity (Wildman–Crippen MR) is 183 cm³/mol. The molecule has 0 saturated heterocycles. The third-order valence-electron chi connectivity index (χ3n) is 8.27. The van der Waals surface area contributed by atoms with E-state index in [9.17, 15) is 0 Å². The van der Waals surface area contributed by atoms with Crippen LogP contribution in [0.25, 0.3) is 72.8 Å². The first-order valence-corrected chi connectivity index (χ1v) is 15.1. The fraction of sp³-hybridized carbons (Fsp3) is 0.0500. The van der Waals surface area contributed by atoms with Crippen molar-refractivity contribution >= 4 is 21.8 Å². The minimum atomic E-state index is 0.619. The molecular weight excluding hydrogens is 550 g/mol. The van der Waals surface area contributed by atoms with Crippen LogP contribution in [0, 0.1) is 13.8 Å². The van der Waals surface area contributed by atoms with Gasteiger partial charge < -0.3 is 4.57 Å². The van der Waals surface area contributed by atoms with Gasteiger partial charge in [-0.3, -0.25) is 4.98 Å². The molecule has 0 aliphatic heterocycles. The summed E-state index contributed by atoms with van der Waals surface area (Å²) >= 11 is 0. The molecule has 5 heteroatoms. The maximum atomic E-state index is 5.12. The van der Waals surface area contributed by atoms with E-state index in [1.54, 1.807) is 0 Å². The van der Waals surface area contributed by atoms with E-state index in [-0.39, 0.29) is 0 Å². The zero-order chi connectivity index (χ0) is 30.3. The highest BCUT2D eigenvalue weighted by Gasteiger charge is 2.20. The molecular formula is C40H29N5. The van der Waals surface area contributed by atoms with Crippen molar-refractivity contribution in [1.82, 2.24) is 24.5 Å². The highest BCUT2D eigenvalue weighted by molar-refractivity contribution is 6.10. The summed E-state index contributed by atoms with van der Waals surface area (Å²) in [5, 5.41) is 2.44. The zero-order valence-corrected chi connectivity index (χ0v) is 25.0. The number of hydrogen-bond acceptors (Lipinski definition) is 4. The van der Waals surface area contributed by atoms with Gasteiger partial charge >= 0.3 is 0 Å². The third-order valence-corrected chi connectivity index (χ3v) is 8.27. The van der Waals surface area contributed by atoms with Crippen LogP contribution in [0.5, 0.6) is 0 Å². The molecule has 5 nitrogen and oxygen atoms in total. The van der Waals surface area contributed by atoms with E-state index in [1.165, 1.54) is 21.9 Å². The molecule has 8 aromatic rings. The number of benzene rings is 5. The lowest BCUT2D eigenvalue weighted by atomic mass is 10.0. The summed E-state index contributed by atoms with van der Waals surface area (Å²) in [4.78, 5) is 19.4. The number of rotatable bonds is 5. The Kier molecular flexibility index (Phi) is 6.50. The molecule has 214 valence electrons. The zero-order valence-electron chi connectivity index (χ0n) is 25.0. The standard InChI is InChI=1S/C40H29N5/c1-26-13-17-35-33(23-26)34-24-27(2)14-18-36(34)45(35)37-25-31(28-19-21-41-22-20-28)15-16-32(37)40-43-38(29-9-5-3-6-10-29)42-39(44-40)30-11-7-4-8-12-30/h3-25H,1-2H3. The maximum absolute atomic E-state index is 5.12. The summed E-state index contributed by atoms with van der Waals surface area (Å²) in [7, 11) is 0. The smallest absolute Gasteiger partial charge is 0.166 e. The number of pyridine rings is 1. The van der Waals surface area contributed by atoms with Crippen molar-refractivity contribution in [3.05, 3.63) is 151 Å². The van der Waals surface area contributed by atoms with Gasteiger partial charge in [0.25, 0.3) is 0 Å². The molecule has 0 spiro atoms. The molecule has 0 aliphatic rings. The van der Waals surface area contributed by atoms with Gasteiger partial charge in [-0.25, -0.2) is 15.0 Å². The highest BCUT2D eigenvalue weighted by atomic mass is 15.1. The Morgan fingerprint density at radius 3 is 1.53 bits per heavy atom. The Balaban J connectivity index is 1.46. The van der Waals surface area contributed by atoms with Gasteiger partial charge in [0.05, 0.1) is 16.7 Å².